The van der Waals surface area contributed by atoms with Gasteiger partial charge in [-0.15, -0.1) is 0 Å². The zero-order valence-electron chi connectivity index (χ0n) is 10.9. The van der Waals surface area contributed by atoms with Crippen LogP contribution >= 0.6 is 0 Å². The number of hydrogen-bond acceptors (Lipinski definition) is 3. The molecular formula is C14H25N3. The molecule has 1 atom stereocenters. The molecule has 2 rings (SSSR count). The molecule has 0 spiro atoms. The Hall–Kier alpha value is -0.670. The van der Waals surface area contributed by atoms with Gasteiger partial charge < -0.3 is 5.73 Å². The molecule has 3 nitrogen and oxygen atoms in total. The van der Waals surface area contributed by atoms with Crippen molar-refractivity contribution in [2.24, 2.45) is 16.6 Å². The molecule has 1 saturated heterocycles. The summed E-state index contributed by atoms with van der Waals surface area (Å²) in [5.74, 6) is 0.887. The molecule has 2 heterocycles. The maximum atomic E-state index is 5.58. The van der Waals surface area contributed by atoms with Crippen LogP contribution in [0, 0.1) is 5.92 Å². The van der Waals surface area contributed by atoms with Crippen molar-refractivity contribution in [1.82, 2.24) is 4.90 Å². The molecule has 0 radical (unpaired) electrons. The van der Waals surface area contributed by atoms with Crippen LogP contribution in [0.4, 0.5) is 0 Å². The Bertz CT molecular complexity index is 276. The molecule has 0 amide bonds. The van der Waals surface area contributed by atoms with E-state index in [9.17, 15) is 0 Å². The van der Waals surface area contributed by atoms with Crippen molar-refractivity contribution >= 4 is 6.21 Å². The molecule has 17 heavy (non-hydrogen) atoms. The standard InChI is InChI=1S/C14H25N3/c1-2-14(8-4-10-16-14)17-11-6-13(7-12-17)5-3-9-15/h4,8,10,13H,2-3,5-7,9,11-12,15H2,1H3. The molecule has 0 aliphatic carbocycles. The highest BCUT2D eigenvalue weighted by molar-refractivity contribution is 5.75. The smallest absolute Gasteiger partial charge is 0.131 e. The lowest BCUT2D eigenvalue weighted by molar-refractivity contribution is 0.0845. The minimum absolute atomic E-state index is 0.0150. The molecule has 2 aliphatic rings. The van der Waals surface area contributed by atoms with E-state index in [2.05, 4.69) is 29.0 Å². The van der Waals surface area contributed by atoms with E-state index in [1.165, 1.54) is 38.8 Å². The first kappa shape index (κ1) is 12.8. The SMILES string of the molecule is CCC1(N2CCC(CCCN)CC2)C=CC=N1. The number of rotatable bonds is 5. The van der Waals surface area contributed by atoms with Crippen molar-refractivity contribution in [1.29, 1.82) is 0 Å². The summed E-state index contributed by atoms with van der Waals surface area (Å²) in [5, 5.41) is 0. The molecule has 2 aliphatic heterocycles. The van der Waals surface area contributed by atoms with Crippen LogP contribution in [0.15, 0.2) is 17.1 Å². The molecule has 0 aromatic heterocycles. The fraction of sp³-hybridized carbons (Fsp3) is 0.786. The lowest BCUT2D eigenvalue weighted by Crippen LogP contribution is -2.48. The first-order valence-electron chi connectivity index (χ1n) is 6.99. The van der Waals surface area contributed by atoms with Crippen molar-refractivity contribution in [3.63, 3.8) is 0 Å². The summed E-state index contributed by atoms with van der Waals surface area (Å²) in [6, 6.07) is 0. The Balaban J connectivity index is 1.86. The molecule has 3 heteroatoms. The number of nitrogens with zero attached hydrogens (tertiary/aromatic N) is 2. The first-order chi connectivity index (χ1) is 8.30. The number of likely N-dealkylation sites (tertiary alicyclic amines) is 1. The Morgan fingerprint density at radius 2 is 2.18 bits per heavy atom. The molecule has 0 aromatic rings. The summed E-state index contributed by atoms with van der Waals surface area (Å²) in [6.45, 7) is 5.44. The second kappa shape index (κ2) is 5.78. The van der Waals surface area contributed by atoms with Gasteiger partial charge in [0.1, 0.15) is 5.66 Å². The molecular weight excluding hydrogens is 210 g/mol. The predicted octanol–water partition coefficient (Wildman–Crippen LogP) is 2.18. The summed E-state index contributed by atoms with van der Waals surface area (Å²) in [6.07, 6.45) is 12.5. The van der Waals surface area contributed by atoms with Crippen LogP contribution < -0.4 is 5.73 Å². The van der Waals surface area contributed by atoms with E-state index >= 15 is 0 Å². The number of aliphatic imine (C=N–C) groups is 1. The quantitative estimate of drug-likeness (QED) is 0.793. The molecule has 96 valence electrons. The zero-order chi connectivity index (χ0) is 12.1. The average molecular weight is 235 g/mol. The second-order valence-electron chi connectivity index (χ2n) is 5.23. The maximum Gasteiger partial charge on any atom is 0.131 e. The third-order valence-corrected chi connectivity index (χ3v) is 4.25. The molecule has 0 bridgehead atoms. The highest BCUT2D eigenvalue weighted by Crippen LogP contribution is 2.32. The molecule has 0 saturated carbocycles. The highest BCUT2D eigenvalue weighted by Gasteiger charge is 2.35. The van der Waals surface area contributed by atoms with Crippen molar-refractivity contribution in [3.8, 4) is 0 Å². The fourth-order valence-electron chi connectivity index (χ4n) is 3.05. The van der Waals surface area contributed by atoms with Gasteiger partial charge in [-0.1, -0.05) is 6.92 Å². The lowest BCUT2D eigenvalue weighted by Gasteiger charge is -2.41. The van der Waals surface area contributed by atoms with Crippen LogP contribution in [0.2, 0.25) is 0 Å². The van der Waals surface area contributed by atoms with E-state index in [0.717, 1.165) is 18.9 Å². The van der Waals surface area contributed by atoms with E-state index in [0.29, 0.717) is 0 Å². The third-order valence-electron chi connectivity index (χ3n) is 4.25. The van der Waals surface area contributed by atoms with Gasteiger partial charge in [-0.05, 0) is 56.7 Å². The van der Waals surface area contributed by atoms with Gasteiger partial charge in [0, 0.05) is 19.3 Å². The Morgan fingerprint density at radius 1 is 1.41 bits per heavy atom. The van der Waals surface area contributed by atoms with Crippen molar-refractivity contribution < 1.29 is 0 Å². The van der Waals surface area contributed by atoms with Gasteiger partial charge in [-0.3, -0.25) is 9.89 Å². The lowest BCUT2D eigenvalue weighted by atomic mass is 9.90. The summed E-state index contributed by atoms with van der Waals surface area (Å²) < 4.78 is 0. The molecule has 2 N–H and O–H groups in total. The van der Waals surface area contributed by atoms with Crippen molar-refractivity contribution in [2.75, 3.05) is 19.6 Å². The van der Waals surface area contributed by atoms with E-state index in [1.54, 1.807) is 0 Å². The van der Waals surface area contributed by atoms with Crippen LogP contribution in [0.1, 0.15) is 39.0 Å². The highest BCUT2D eigenvalue weighted by atomic mass is 15.3. The largest absolute Gasteiger partial charge is 0.330 e. The number of nitrogens with two attached hydrogens (primary N) is 1. The van der Waals surface area contributed by atoms with Crippen LogP contribution in [-0.4, -0.2) is 36.4 Å². The number of hydrogen-bond donors (Lipinski definition) is 1. The normalized spacial score (nSPS) is 30.2. The zero-order valence-corrected chi connectivity index (χ0v) is 10.9. The Kier molecular flexibility index (Phi) is 4.35. The Morgan fingerprint density at radius 3 is 2.71 bits per heavy atom. The molecule has 1 fully saturated rings. The van der Waals surface area contributed by atoms with E-state index in [-0.39, 0.29) is 5.66 Å². The van der Waals surface area contributed by atoms with Crippen LogP contribution in [-0.2, 0) is 0 Å². The average Bonchev–Trinajstić information content (AvgIpc) is 2.87. The predicted molar refractivity (Wildman–Crippen MR) is 73.2 cm³/mol. The summed E-state index contributed by atoms with van der Waals surface area (Å²) in [5.41, 5.74) is 5.56. The van der Waals surface area contributed by atoms with E-state index in [4.69, 9.17) is 5.73 Å². The van der Waals surface area contributed by atoms with Crippen LogP contribution in [0.3, 0.4) is 0 Å². The van der Waals surface area contributed by atoms with Gasteiger partial charge in [-0.25, -0.2) is 0 Å². The van der Waals surface area contributed by atoms with Gasteiger partial charge in [0.05, 0.1) is 0 Å². The summed E-state index contributed by atoms with van der Waals surface area (Å²) in [4.78, 5) is 7.21. The number of piperidine rings is 1. The van der Waals surface area contributed by atoms with Gasteiger partial charge >= 0.3 is 0 Å². The summed E-state index contributed by atoms with van der Waals surface area (Å²) in [7, 11) is 0. The molecule has 0 aromatic carbocycles. The third kappa shape index (κ3) is 2.78. The maximum absolute atomic E-state index is 5.58. The monoisotopic (exact) mass is 235 g/mol. The van der Waals surface area contributed by atoms with Crippen molar-refractivity contribution in [2.45, 2.75) is 44.7 Å². The Labute approximate surface area is 105 Å². The minimum Gasteiger partial charge on any atom is -0.330 e. The minimum atomic E-state index is -0.0150. The van der Waals surface area contributed by atoms with Crippen molar-refractivity contribution in [3.05, 3.63) is 12.2 Å². The van der Waals surface area contributed by atoms with Gasteiger partial charge in [0.2, 0.25) is 0 Å². The van der Waals surface area contributed by atoms with Gasteiger partial charge in [0.15, 0.2) is 0 Å². The van der Waals surface area contributed by atoms with E-state index < -0.39 is 0 Å². The van der Waals surface area contributed by atoms with Crippen LogP contribution in [0.5, 0.6) is 0 Å². The summed E-state index contributed by atoms with van der Waals surface area (Å²) >= 11 is 0. The molecule has 1 unspecified atom stereocenters. The second-order valence-corrected chi connectivity index (χ2v) is 5.23. The van der Waals surface area contributed by atoms with Gasteiger partial charge in [-0.2, -0.15) is 0 Å². The fourth-order valence-corrected chi connectivity index (χ4v) is 3.05. The van der Waals surface area contributed by atoms with Crippen LogP contribution in [0.25, 0.3) is 0 Å². The number of allylic oxidation sites excluding steroid dienone is 1. The van der Waals surface area contributed by atoms with Gasteiger partial charge in [0.25, 0.3) is 0 Å². The first-order valence-corrected chi connectivity index (χ1v) is 6.99. The topological polar surface area (TPSA) is 41.6 Å². The van der Waals surface area contributed by atoms with E-state index in [1.807, 2.05) is 6.21 Å².